The molecule has 1 aliphatic heterocycles. The van der Waals surface area contributed by atoms with Crippen molar-refractivity contribution >= 4 is 0 Å². The molecule has 0 amide bonds. The van der Waals surface area contributed by atoms with Crippen molar-refractivity contribution in [3.8, 4) is 0 Å². The van der Waals surface area contributed by atoms with E-state index < -0.39 is 0 Å². The SMILES string of the molecule is CO[C@H]1C[C@@H](CN(C)Cc2cnnn2C)N(C)C1. The highest BCUT2D eigenvalue weighted by molar-refractivity contribution is 4.94. The summed E-state index contributed by atoms with van der Waals surface area (Å²) in [6.45, 7) is 2.95. The van der Waals surface area contributed by atoms with Crippen LogP contribution in [0.2, 0.25) is 0 Å². The zero-order valence-electron chi connectivity index (χ0n) is 11.7. The normalized spacial score (nSPS) is 25.2. The van der Waals surface area contributed by atoms with E-state index in [1.54, 1.807) is 7.11 Å². The first-order valence-electron chi connectivity index (χ1n) is 6.35. The summed E-state index contributed by atoms with van der Waals surface area (Å²) in [4.78, 5) is 4.70. The number of rotatable bonds is 5. The van der Waals surface area contributed by atoms with Crippen LogP contribution in [0, 0.1) is 0 Å². The fraction of sp³-hybridized carbons (Fsp3) is 0.833. The number of hydrogen-bond donors (Lipinski definition) is 0. The van der Waals surface area contributed by atoms with Gasteiger partial charge in [-0.1, -0.05) is 5.21 Å². The second kappa shape index (κ2) is 5.77. The predicted octanol–water partition coefficient (Wildman–Crippen LogP) is -0.0340. The zero-order chi connectivity index (χ0) is 13.1. The molecular weight excluding hydrogens is 230 g/mol. The van der Waals surface area contributed by atoms with Crippen LogP contribution >= 0.6 is 0 Å². The van der Waals surface area contributed by atoms with Crippen LogP contribution in [-0.2, 0) is 18.3 Å². The van der Waals surface area contributed by atoms with E-state index in [1.807, 2.05) is 17.9 Å². The number of likely N-dealkylation sites (N-methyl/N-ethyl adjacent to an activating group) is 2. The van der Waals surface area contributed by atoms with E-state index in [9.17, 15) is 0 Å². The summed E-state index contributed by atoms with van der Waals surface area (Å²) < 4.78 is 7.26. The van der Waals surface area contributed by atoms with Crippen LogP contribution in [0.5, 0.6) is 0 Å². The van der Waals surface area contributed by atoms with Crippen molar-refractivity contribution < 1.29 is 4.74 Å². The maximum Gasteiger partial charge on any atom is 0.0738 e. The lowest BCUT2D eigenvalue weighted by molar-refractivity contribution is 0.111. The van der Waals surface area contributed by atoms with Crippen molar-refractivity contribution in [3.63, 3.8) is 0 Å². The number of aryl methyl sites for hydroxylation is 1. The van der Waals surface area contributed by atoms with E-state index in [1.165, 1.54) is 0 Å². The molecule has 2 rings (SSSR count). The molecule has 18 heavy (non-hydrogen) atoms. The van der Waals surface area contributed by atoms with Crippen molar-refractivity contribution in [2.75, 3.05) is 34.3 Å². The number of hydrogen-bond acceptors (Lipinski definition) is 5. The van der Waals surface area contributed by atoms with Gasteiger partial charge >= 0.3 is 0 Å². The molecule has 0 aliphatic carbocycles. The number of likely N-dealkylation sites (tertiary alicyclic amines) is 1. The Morgan fingerprint density at radius 2 is 2.28 bits per heavy atom. The molecule has 1 aromatic heterocycles. The smallest absolute Gasteiger partial charge is 0.0738 e. The van der Waals surface area contributed by atoms with Gasteiger partial charge in [-0.3, -0.25) is 14.5 Å². The van der Waals surface area contributed by atoms with Gasteiger partial charge in [0.2, 0.25) is 0 Å². The fourth-order valence-corrected chi connectivity index (χ4v) is 2.57. The molecule has 6 nitrogen and oxygen atoms in total. The van der Waals surface area contributed by atoms with Crippen LogP contribution in [0.15, 0.2) is 6.20 Å². The first-order chi connectivity index (χ1) is 8.60. The summed E-state index contributed by atoms with van der Waals surface area (Å²) in [6, 6.07) is 0.570. The first-order valence-corrected chi connectivity index (χ1v) is 6.35. The Morgan fingerprint density at radius 3 is 2.83 bits per heavy atom. The van der Waals surface area contributed by atoms with Gasteiger partial charge in [0.25, 0.3) is 0 Å². The molecule has 102 valence electrons. The van der Waals surface area contributed by atoms with E-state index >= 15 is 0 Å². The number of ether oxygens (including phenoxy) is 1. The quantitative estimate of drug-likeness (QED) is 0.737. The van der Waals surface area contributed by atoms with E-state index in [-0.39, 0.29) is 0 Å². The Morgan fingerprint density at radius 1 is 1.50 bits per heavy atom. The molecule has 6 heteroatoms. The summed E-state index contributed by atoms with van der Waals surface area (Å²) >= 11 is 0. The Balaban J connectivity index is 1.84. The minimum Gasteiger partial charge on any atom is -0.380 e. The van der Waals surface area contributed by atoms with Crippen LogP contribution in [0.25, 0.3) is 0 Å². The molecule has 0 radical (unpaired) electrons. The van der Waals surface area contributed by atoms with Gasteiger partial charge < -0.3 is 4.74 Å². The van der Waals surface area contributed by atoms with Gasteiger partial charge in [-0.2, -0.15) is 0 Å². The lowest BCUT2D eigenvalue weighted by atomic mass is 10.2. The molecule has 1 fully saturated rings. The highest BCUT2D eigenvalue weighted by Crippen LogP contribution is 2.19. The van der Waals surface area contributed by atoms with Crippen LogP contribution in [0.4, 0.5) is 0 Å². The summed E-state index contributed by atoms with van der Waals surface area (Å²) in [7, 11) is 8.04. The minimum atomic E-state index is 0.381. The van der Waals surface area contributed by atoms with Gasteiger partial charge in [0.1, 0.15) is 0 Å². The molecule has 0 N–H and O–H groups in total. The van der Waals surface area contributed by atoms with E-state index in [0.29, 0.717) is 12.1 Å². The van der Waals surface area contributed by atoms with E-state index in [0.717, 1.165) is 31.7 Å². The van der Waals surface area contributed by atoms with Crippen molar-refractivity contribution in [1.29, 1.82) is 0 Å². The first kappa shape index (κ1) is 13.5. The van der Waals surface area contributed by atoms with Gasteiger partial charge in [-0.05, 0) is 20.5 Å². The molecule has 1 aromatic rings. The summed E-state index contributed by atoms with van der Waals surface area (Å²) in [5.41, 5.74) is 1.14. The van der Waals surface area contributed by atoms with Gasteiger partial charge in [-0.15, -0.1) is 5.10 Å². The van der Waals surface area contributed by atoms with Gasteiger partial charge in [0.05, 0.1) is 18.0 Å². The van der Waals surface area contributed by atoms with Gasteiger partial charge in [-0.25, -0.2) is 0 Å². The third-order valence-corrected chi connectivity index (χ3v) is 3.75. The molecule has 0 aromatic carbocycles. The Bertz CT molecular complexity index is 380. The monoisotopic (exact) mass is 253 g/mol. The Hall–Kier alpha value is -0.980. The Kier molecular flexibility index (Phi) is 4.31. The molecule has 0 bridgehead atoms. The summed E-state index contributed by atoms with van der Waals surface area (Å²) in [5.74, 6) is 0. The molecule has 0 saturated carbocycles. The maximum atomic E-state index is 5.43. The fourth-order valence-electron chi connectivity index (χ4n) is 2.57. The molecule has 2 atom stereocenters. The van der Waals surface area contributed by atoms with E-state index in [2.05, 4.69) is 34.2 Å². The summed E-state index contributed by atoms with van der Waals surface area (Å²) in [5, 5.41) is 7.85. The number of methoxy groups -OCH3 is 1. The van der Waals surface area contributed by atoms with Gasteiger partial charge in [0, 0.05) is 39.8 Å². The lowest BCUT2D eigenvalue weighted by Crippen LogP contribution is -2.36. The highest BCUT2D eigenvalue weighted by atomic mass is 16.5. The highest BCUT2D eigenvalue weighted by Gasteiger charge is 2.30. The molecular formula is C12H23N5O. The largest absolute Gasteiger partial charge is 0.380 e. The molecule has 0 unspecified atom stereocenters. The number of aromatic nitrogens is 3. The lowest BCUT2D eigenvalue weighted by Gasteiger charge is -2.25. The zero-order valence-corrected chi connectivity index (χ0v) is 11.7. The van der Waals surface area contributed by atoms with Crippen LogP contribution in [-0.4, -0.2) is 71.2 Å². The maximum absolute atomic E-state index is 5.43. The van der Waals surface area contributed by atoms with Crippen molar-refractivity contribution in [3.05, 3.63) is 11.9 Å². The third-order valence-electron chi connectivity index (χ3n) is 3.75. The molecule has 0 spiro atoms. The van der Waals surface area contributed by atoms with Crippen molar-refractivity contribution in [2.24, 2.45) is 7.05 Å². The second-order valence-corrected chi connectivity index (χ2v) is 5.23. The molecule has 2 heterocycles. The van der Waals surface area contributed by atoms with Crippen molar-refractivity contribution in [2.45, 2.75) is 25.1 Å². The second-order valence-electron chi connectivity index (χ2n) is 5.23. The van der Waals surface area contributed by atoms with E-state index in [4.69, 9.17) is 4.74 Å². The summed E-state index contributed by atoms with van der Waals surface area (Å²) in [6.07, 6.45) is 3.32. The van der Waals surface area contributed by atoms with Crippen LogP contribution < -0.4 is 0 Å². The number of nitrogens with zero attached hydrogens (tertiary/aromatic N) is 5. The van der Waals surface area contributed by atoms with Crippen LogP contribution in [0.1, 0.15) is 12.1 Å². The van der Waals surface area contributed by atoms with Crippen molar-refractivity contribution in [1.82, 2.24) is 24.8 Å². The average molecular weight is 253 g/mol. The van der Waals surface area contributed by atoms with Crippen LogP contribution in [0.3, 0.4) is 0 Å². The van der Waals surface area contributed by atoms with Gasteiger partial charge in [0.15, 0.2) is 0 Å². The molecule has 1 aliphatic rings. The standard InChI is InChI=1S/C12H23N5O/c1-15(8-11-6-13-14-17(11)3)7-10-5-12(18-4)9-16(10)2/h6,10,12H,5,7-9H2,1-4H3/t10-,12-/m0/s1. The topological polar surface area (TPSA) is 46.4 Å². The average Bonchev–Trinajstić information content (AvgIpc) is 2.87. The Labute approximate surface area is 109 Å². The predicted molar refractivity (Wildman–Crippen MR) is 69.2 cm³/mol. The third kappa shape index (κ3) is 3.07. The minimum absolute atomic E-state index is 0.381. The molecule has 1 saturated heterocycles.